The molecule has 24 heavy (non-hydrogen) atoms. The van der Waals surface area contributed by atoms with Gasteiger partial charge < -0.3 is 5.32 Å². The molecule has 0 heterocycles. The Labute approximate surface area is 149 Å². The molecule has 1 saturated carbocycles. The summed E-state index contributed by atoms with van der Waals surface area (Å²) >= 11 is 11.0. The van der Waals surface area contributed by atoms with E-state index in [9.17, 15) is 9.18 Å². The highest BCUT2D eigenvalue weighted by atomic mass is 35.5. The number of carbonyl (C=O) groups is 1. The van der Waals surface area contributed by atoms with Crippen molar-refractivity contribution in [3.63, 3.8) is 0 Å². The molecule has 7 heteroatoms. The first-order chi connectivity index (χ1) is 11.5. The van der Waals surface area contributed by atoms with E-state index in [4.69, 9.17) is 23.8 Å². The van der Waals surface area contributed by atoms with E-state index < -0.39 is 0 Å². The van der Waals surface area contributed by atoms with Crippen molar-refractivity contribution >= 4 is 40.5 Å². The summed E-state index contributed by atoms with van der Waals surface area (Å²) in [6.45, 7) is 0. The van der Waals surface area contributed by atoms with E-state index in [-0.39, 0.29) is 28.7 Å². The molecule has 0 spiro atoms. The molecule has 2 aromatic rings. The van der Waals surface area contributed by atoms with Crippen LogP contribution in [0, 0.1) is 11.7 Å². The molecule has 4 nitrogen and oxygen atoms in total. The Morgan fingerprint density at radius 3 is 2.42 bits per heavy atom. The number of anilines is 1. The number of hydrazine groups is 1. The first-order valence-electron chi connectivity index (χ1n) is 7.41. The van der Waals surface area contributed by atoms with Gasteiger partial charge in [0.1, 0.15) is 5.82 Å². The minimum Gasteiger partial charge on any atom is -0.331 e. The summed E-state index contributed by atoms with van der Waals surface area (Å²) in [6, 6.07) is 13.3. The number of carbonyl (C=O) groups excluding carboxylic acids is 1. The monoisotopic (exact) mass is 363 g/mol. The van der Waals surface area contributed by atoms with Gasteiger partial charge >= 0.3 is 0 Å². The molecule has 0 radical (unpaired) electrons. The van der Waals surface area contributed by atoms with Crippen LogP contribution in [0.3, 0.4) is 0 Å². The maximum atomic E-state index is 12.8. The van der Waals surface area contributed by atoms with Crippen molar-refractivity contribution in [1.82, 2.24) is 10.9 Å². The highest BCUT2D eigenvalue weighted by Crippen LogP contribution is 2.47. The molecule has 1 aliphatic carbocycles. The number of rotatable bonds is 3. The fourth-order valence-corrected chi connectivity index (χ4v) is 2.76. The molecule has 0 aliphatic heterocycles. The summed E-state index contributed by atoms with van der Waals surface area (Å²) in [7, 11) is 0. The summed E-state index contributed by atoms with van der Waals surface area (Å²) in [4.78, 5) is 12.1. The lowest BCUT2D eigenvalue weighted by Gasteiger charge is -2.11. The van der Waals surface area contributed by atoms with Gasteiger partial charge in [0, 0.05) is 16.6 Å². The maximum Gasteiger partial charge on any atom is 0.242 e. The lowest BCUT2D eigenvalue weighted by molar-refractivity contribution is -0.122. The molecule has 0 saturated heterocycles. The van der Waals surface area contributed by atoms with Gasteiger partial charge in [0.05, 0.1) is 0 Å². The molecule has 0 aromatic heterocycles. The number of benzene rings is 2. The van der Waals surface area contributed by atoms with Gasteiger partial charge in [0.15, 0.2) is 5.11 Å². The number of thiocarbonyl (C=S) groups is 1. The lowest BCUT2D eigenvalue weighted by Crippen LogP contribution is -2.44. The van der Waals surface area contributed by atoms with Gasteiger partial charge in [-0.05, 0) is 66.5 Å². The van der Waals surface area contributed by atoms with E-state index in [1.54, 1.807) is 12.1 Å². The zero-order chi connectivity index (χ0) is 17.1. The Morgan fingerprint density at radius 2 is 1.75 bits per heavy atom. The average Bonchev–Trinajstić information content (AvgIpc) is 3.36. The third-order valence-electron chi connectivity index (χ3n) is 3.83. The molecule has 1 fully saturated rings. The molecule has 2 atom stereocenters. The zero-order valence-electron chi connectivity index (χ0n) is 12.6. The third-order valence-corrected chi connectivity index (χ3v) is 4.28. The van der Waals surface area contributed by atoms with Crippen molar-refractivity contribution in [3.05, 3.63) is 64.9 Å². The minimum absolute atomic E-state index is 0.0766. The zero-order valence-corrected chi connectivity index (χ0v) is 14.1. The molecule has 1 amide bonds. The van der Waals surface area contributed by atoms with Crippen LogP contribution in [0.2, 0.25) is 5.02 Å². The smallest absolute Gasteiger partial charge is 0.242 e. The fourth-order valence-electron chi connectivity index (χ4n) is 2.47. The quantitative estimate of drug-likeness (QED) is 0.576. The van der Waals surface area contributed by atoms with Crippen molar-refractivity contribution in [3.8, 4) is 0 Å². The second-order valence-electron chi connectivity index (χ2n) is 5.58. The summed E-state index contributed by atoms with van der Waals surface area (Å²) in [5.74, 6) is -0.303. The van der Waals surface area contributed by atoms with Crippen LogP contribution in [-0.2, 0) is 4.79 Å². The van der Waals surface area contributed by atoms with E-state index in [1.807, 2.05) is 24.3 Å². The molecule has 1 aliphatic rings. The van der Waals surface area contributed by atoms with Crippen LogP contribution in [0.4, 0.5) is 10.1 Å². The lowest BCUT2D eigenvalue weighted by atomic mass is 10.1. The molecule has 3 N–H and O–H groups in total. The highest BCUT2D eigenvalue weighted by molar-refractivity contribution is 7.80. The topological polar surface area (TPSA) is 53.2 Å². The van der Waals surface area contributed by atoms with Crippen molar-refractivity contribution in [2.45, 2.75) is 12.3 Å². The first kappa shape index (κ1) is 16.7. The molecule has 0 bridgehead atoms. The fraction of sp³-hybridized carbons (Fsp3) is 0.176. The van der Waals surface area contributed by atoms with Crippen LogP contribution in [0.5, 0.6) is 0 Å². The van der Waals surface area contributed by atoms with Crippen LogP contribution < -0.4 is 16.2 Å². The molecule has 124 valence electrons. The maximum absolute atomic E-state index is 12.8. The third kappa shape index (κ3) is 4.21. The van der Waals surface area contributed by atoms with E-state index in [0.717, 1.165) is 12.0 Å². The Balaban J connectivity index is 1.45. The van der Waals surface area contributed by atoms with Crippen LogP contribution in [0.15, 0.2) is 48.5 Å². The number of amides is 1. The SMILES string of the molecule is O=C(NNC(=S)Nc1ccc(F)cc1)[C@@H]1C[C@H]1c1ccc(Cl)cc1. The Kier molecular flexibility index (Phi) is 4.97. The Bertz CT molecular complexity index is 751. The van der Waals surface area contributed by atoms with Gasteiger partial charge in [-0.15, -0.1) is 0 Å². The van der Waals surface area contributed by atoms with Crippen LogP contribution in [0.25, 0.3) is 0 Å². The van der Waals surface area contributed by atoms with Crippen molar-refractivity contribution in [2.75, 3.05) is 5.32 Å². The van der Waals surface area contributed by atoms with Crippen molar-refractivity contribution in [1.29, 1.82) is 0 Å². The normalized spacial score (nSPS) is 18.6. The van der Waals surface area contributed by atoms with E-state index in [0.29, 0.717) is 10.7 Å². The number of halogens is 2. The van der Waals surface area contributed by atoms with Crippen LogP contribution in [-0.4, -0.2) is 11.0 Å². The molecule has 0 unspecified atom stereocenters. The Hall–Kier alpha value is -2.18. The predicted molar refractivity (Wildman–Crippen MR) is 96.2 cm³/mol. The van der Waals surface area contributed by atoms with Gasteiger partial charge in [-0.25, -0.2) is 4.39 Å². The summed E-state index contributed by atoms with van der Waals surface area (Å²) < 4.78 is 12.8. The molecular weight excluding hydrogens is 349 g/mol. The van der Waals surface area contributed by atoms with E-state index >= 15 is 0 Å². The Morgan fingerprint density at radius 1 is 1.08 bits per heavy atom. The summed E-state index contributed by atoms with van der Waals surface area (Å²) in [6.07, 6.45) is 0.799. The predicted octanol–water partition coefficient (Wildman–Crippen LogP) is 3.60. The van der Waals surface area contributed by atoms with Crippen molar-refractivity contribution in [2.24, 2.45) is 5.92 Å². The van der Waals surface area contributed by atoms with Gasteiger partial charge in [-0.1, -0.05) is 23.7 Å². The molecular formula is C17H15ClFN3OS. The number of hydrogen-bond donors (Lipinski definition) is 3. The molecule has 2 aromatic carbocycles. The standard InChI is InChI=1S/C17H15ClFN3OS/c18-11-3-1-10(2-4-11)14-9-15(14)16(23)21-22-17(24)20-13-7-5-12(19)6-8-13/h1-8,14-15H,9H2,(H,21,23)(H2,20,22,24)/t14-,15+/m0/s1. The van der Waals surface area contributed by atoms with Crippen molar-refractivity contribution < 1.29 is 9.18 Å². The summed E-state index contributed by atoms with van der Waals surface area (Å²) in [5.41, 5.74) is 6.98. The number of nitrogens with one attached hydrogen (secondary N) is 3. The number of hydrogen-bond acceptors (Lipinski definition) is 2. The molecule has 3 rings (SSSR count). The van der Waals surface area contributed by atoms with Crippen LogP contribution >= 0.6 is 23.8 Å². The second-order valence-corrected chi connectivity index (χ2v) is 6.42. The highest BCUT2D eigenvalue weighted by Gasteiger charge is 2.43. The first-order valence-corrected chi connectivity index (χ1v) is 8.19. The van der Waals surface area contributed by atoms with Gasteiger partial charge in [0.2, 0.25) is 5.91 Å². The van der Waals surface area contributed by atoms with Crippen LogP contribution in [0.1, 0.15) is 17.9 Å². The summed E-state index contributed by atoms with van der Waals surface area (Å²) in [5, 5.41) is 3.77. The average molecular weight is 364 g/mol. The van der Waals surface area contributed by atoms with E-state index in [1.165, 1.54) is 12.1 Å². The van der Waals surface area contributed by atoms with E-state index in [2.05, 4.69) is 16.2 Å². The minimum atomic E-state index is -0.324. The second kappa shape index (κ2) is 7.15. The largest absolute Gasteiger partial charge is 0.331 e. The van der Waals surface area contributed by atoms with Gasteiger partial charge in [-0.2, -0.15) is 0 Å². The van der Waals surface area contributed by atoms with Gasteiger partial charge in [-0.3, -0.25) is 15.6 Å². The van der Waals surface area contributed by atoms with Gasteiger partial charge in [0.25, 0.3) is 0 Å².